The van der Waals surface area contributed by atoms with Crippen molar-refractivity contribution in [2.75, 3.05) is 0 Å². The fourth-order valence-electron chi connectivity index (χ4n) is 1.01. The second-order valence-electron chi connectivity index (χ2n) is 2.99. The van der Waals surface area contributed by atoms with Crippen LogP contribution in [0.4, 0.5) is 0 Å². The molecule has 0 aliphatic carbocycles. The molecule has 56 valence electrons. The predicted molar refractivity (Wildman–Crippen MR) is 44.1 cm³/mol. The lowest BCUT2D eigenvalue weighted by Crippen LogP contribution is -2.43. The first-order valence-corrected chi connectivity index (χ1v) is 3.65. The van der Waals surface area contributed by atoms with E-state index >= 15 is 0 Å². The van der Waals surface area contributed by atoms with E-state index in [0.29, 0.717) is 0 Å². The Morgan fingerprint density at radius 3 is 2.80 bits per heavy atom. The van der Waals surface area contributed by atoms with Gasteiger partial charge in [0.05, 0.1) is 5.54 Å². The number of nitrogens with zero attached hydrogens (tertiary/aromatic N) is 1. The quantitative estimate of drug-likeness (QED) is 0.586. The van der Waals surface area contributed by atoms with Gasteiger partial charge in [0.15, 0.2) is 0 Å². The molecule has 0 radical (unpaired) electrons. The molecule has 1 aliphatic rings. The summed E-state index contributed by atoms with van der Waals surface area (Å²) in [5, 5.41) is 3.35. The number of hydrogen-bond donors (Lipinski definition) is 1. The molecule has 0 aromatic rings. The molecule has 1 atom stereocenters. The van der Waals surface area contributed by atoms with Gasteiger partial charge in [-0.05, 0) is 20.3 Å². The third-order valence-electron chi connectivity index (χ3n) is 1.84. The van der Waals surface area contributed by atoms with Gasteiger partial charge in [-0.1, -0.05) is 6.92 Å². The van der Waals surface area contributed by atoms with Crippen LogP contribution in [-0.4, -0.2) is 11.8 Å². The molecule has 0 spiro atoms. The van der Waals surface area contributed by atoms with Crippen molar-refractivity contribution in [3.63, 3.8) is 0 Å². The molecule has 0 fully saturated rings. The molecule has 10 heavy (non-hydrogen) atoms. The van der Waals surface area contributed by atoms with Gasteiger partial charge in [0, 0.05) is 18.1 Å². The Labute approximate surface area is 62.0 Å². The van der Waals surface area contributed by atoms with Crippen molar-refractivity contribution in [2.45, 2.75) is 32.7 Å². The first kappa shape index (κ1) is 7.32. The van der Waals surface area contributed by atoms with E-state index in [-0.39, 0.29) is 5.54 Å². The number of hydrogen-bond acceptors (Lipinski definition) is 2. The first-order chi connectivity index (χ1) is 4.66. The van der Waals surface area contributed by atoms with Gasteiger partial charge in [-0.25, -0.2) is 0 Å². The summed E-state index contributed by atoms with van der Waals surface area (Å²) in [5.74, 6) is 0. The van der Waals surface area contributed by atoms with Crippen molar-refractivity contribution >= 4 is 6.21 Å². The first-order valence-electron chi connectivity index (χ1n) is 3.65. The van der Waals surface area contributed by atoms with E-state index in [9.17, 15) is 0 Å². The number of allylic oxidation sites excluding steroid dienone is 1. The molecule has 0 aromatic heterocycles. The van der Waals surface area contributed by atoms with E-state index in [1.165, 1.54) is 0 Å². The molecule has 0 saturated heterocycles. The monoisotopic (exact) mass is 138 g/mol. The van der Waals surface area contributed by atoms with Crippen molar-refractivity contribution in [2.24, 2.45) is 4.99 Å². The van der Waals surface area contributed by atoms with Gasteiger partial charge in [0.2, 0.25) is 0 Å². The molecule has 0 saturated carbocycles. The van der Waals surface area contributed by atoms with Crippen molar-refractivity contribution in [3.05, 3.63) is 11.9 Å². The summed E-state index contributed by atoms with van der Waals surface area (Å²) in [5.41, 5.74) is 1.23. The van der Waals surface area contributed by atoms with Crippen LogP contribution in [-0.2, 0) is 0 Å². The Balaban J connectivity index is 2.71. The average Bonchev–Trinajstić information content (AvgIpc) is 1.88. The fourth-order valence-corrected chi connectivity index (χ4v) is 1.01. The second kappa shape index (κ2) is 2.45. The summed E-state index contributed by atoms with van der Waals surface area (Å²) in [7, 11) is 0. The molecule has 0 bridgehead atoms. The maximum Gasteiger partial charge on any atom is 0.0693 e. The highest BCUT2D eigenvalue weighted by molar-refractivity contribution is 5.71. The zero-order valence-corrected chi connectivity index (χ0v) is 6.81. The van der Waals surface area contributed by atoms with E-state index < -0.39 is 0 Å². The highest BCUT2D eigenvalue weighted by Crippen LogP contribution is 2.11. The molecule has 1 heterocycles. The SMILES string of the molecule is CCC1(C)C=NC=C(C)N1. The minimum Gasteiger partial charge on any atom is -0.377 e. The van der Waals surface area contributed by atoms with Crippen LogP contribution >= 0.6 is 0 Å². The van der Waals surface area contributed by atoms with Gasteiger partial charge in [0.1, 0.15) is 0 Å². The number of nitrogens with one attached hydrogen (secondary N) is 1. The molecule has 1 rings (SSSR count). The lowest BCUT2D eigenvalue weighted by atomic mass is 9.99. The summed E-state index contributed by atoms with van der Waals surface area (Å²) >= 11 is 0. The van der Waals surface area contributed by atoms with Crippen molar-refractivity contribution in [1.29, 1.82) is 0 Å². The molecular formula is C8H14N2. The van der Waals surface area contributed by atoms with E-state index in [4.69, 9.17) is 0 Å². The highest BCUT2D eigenvalue weighted by Gasteiger charge is 2.20. The largest absolute Gasteiger partial charge is 0.377 e. The predicted octanol–water partition coefficient (Wildman–Crippen LogP) is 1.69. The minimum absolute atomic E-state index is 0.0822. The van der Waals surface area contributed by atoms with Crippen molar-refractivity contribution < 1.29 is 0 Å². The van der Waals surface area contributed by atoms with E-state index in [1.807, 2.05) is 19.3 Å². The molecule has 0 amide bonds. The molecule has 2 heteroatoms. The Kier molecular flexibility index (Phi) is 1.79. The standard InChI is InChI=1S/C8H14N2/c1-4-8(3)6-9-5-7(2)10-8/h5-6,10H,4H2,1-3H3. The molecule has 1 unspecified atom stereocenters. The number of rotatable bonds is 1. The Hall–Kier alpha value is -0.790. The van der Waals surface area contributed by atoms with Crippen LogP contribution in [0.5, 0.6) is 0 Å². The van der Waals surface area contributed by atoms with Gasteiger partial charge in [-0.2, -0.15) is 0 Å². The fraction of sp³-hybridized carbons (Fsp3) is 0.625. The van der Waals surface area contributed by atoms with Crippen LogP contribution in [0.15, 0.2) is 16.9 Å². The van der Waals surface area contributed by atoms with E-state index in [0.717, 1.165) is 12.1 Å². The van der Waals surface area contributed by atoms with E-state index in [2.05, 4.69) is 24.2 Å². The van der Waals surface area contributed by atoms with Crippen LogP contribution in [0.25, 0.3) is 0 Å². The lowest BCUT2D eigenvalue weighted by Gasteiger charge is -2.28. The van der Waals surface area contributed by atoms with Crippen LogP contribution in [0, 0.1) is 0 Å². The van der Waals surface area contributed by atoms with Crippen molar-refractivity contribution in [1.82, 2.24) is 5.32 Å². The van der Waals surface area contributed by atoms with Crippen LogP contribution < -0.4 is 5.32 Å². The third kappa shape index (κ3) is 1.38. The molecule has 1 N–H and O–H groups in total. The normalized spacial score (nSPS) is 31.3. The topological polar surface area (TPSA) is 24.4 Å². The van der Waals surface area contributed by atoms with Crippen LogP contribution in [0.3, 0.4) is 0 Å². The molecule has 1 aliphatic heterocycles. The summed E-state index contributed by atoms with van der Waals surface area (Å²) in [6.07, 6.45) is 4.87. The zero-order chi connectivity index (χ0) is 7.61. The summed E-state index contributed by atoms with van der Waals surface area (Å²) in [6, 6.07) is 0. The summed E-state index contributed by atoms with van der Waals surface area (Å²) < 4.78 is 0. The highest BCUT2D eigenvalue weighted by atomic mass is 15.0. The Morgan fingerprint density at radius 1 is 1.70 bits per heavy atom. The van der Waals surface area contributed by atoms with Gasteiger partial charge < -0.3 is 5.32 Å². The third-order valence-corrected chi connectivity index (χ3v) is 1.84. The molecule has 2 nitrogen and oxygen atoms in total. The van der Waals surface area contributed by atoms with Gasteiger partial charge >= 0.3 is 0 Å². The summed E-state index contributed by atoms with van der Waals surface area (Å²) in [6.45, 7) is 6.33. The average molecular weight is 138 g/mol. The van der Waals surface area contributed by atoms with Crippen molar-refractivity contribution in [3.8, 4) is 0 Å². The van der Waals surface area contributed by atoms with Gasteiger partial charge in [-0.3, -0.25) is 4.99 Å². The van der Waals surface area contributed by atoms with Gasteiger partial charge in [-0.15, -0.1) is 0 Å². The molecular weight excluding hydrogens is 124 g/mol. The zero-order valence-electron chi connectivity index (χ0n) is 6.81. The summed E-state index contributed by atoms with van der Waals surface area (Å²) in [4.78, 5) is 4.13. The lowest BCUT2D eigenvalue weighted by molar-refractivity contribution is 0.503. The number of aliphatic imine (C=N–C) groups is 1. The molecule has 0 aromatic carbocycles. The second-order valence-corrected chi connectivity index (χ2v) is 2.99. The Bertz CT molecular complexity index is 182. The van der Waals surface area contributed by atoms with Crippen LogP contribution in [0.2, 0.25) is 0 Å². The Morgan fingerprint density at radius 2 is 2.40 bits per heavy atom. The van der Waals surface area contributed by atoms with Crippen LogP contribution in [0.1, 0.15) is 27.2 Å². The maximum atomic E-state index is 4.13. The minimum atomic E-state index is 0.0822. The van der Waals surface area contributed by atoms with E-state index in [1.54, 1.807) is 0 Å². The maximum absolute atomic E-state index is 4.13. The van der Waals surface area contributed by atoms with Gasteiger partial charge in [0.25, 0.3) is 0 Å². The smallest absolute Gasteiger partial charge is 0.0693 e.